The van der Waals surface area contributed by atoms with E-state index >= 15 is 0 Å². The smallest absolute Gasteiger partial charge is 0.170 e. The lowest BCUT2D eigenvalue weighted by atomic mass is 9.97. The van der Waals surface area contributed by atoms with E-state index in [9.17, 15) is 4.39 Å². The van der Waals surface area contributed by atoms with Gasteiger partial charge in [0.25, 0.3) is 0 Å². The van der Waals surface area contributed by atoms with Crippen LogP contribution in [-0.4, -0.2) is 11.7 Å². The summed E-state index contributed by atoms with van der Waals surface area (Å²) in [5.74, 6) is 0.0546. The molecule has 2 aromatic rings. The highest BCUT2D eigenvalue weighted by Gasteiger charge is 2.09. The van der Waals surface area contributed by atoms with Crippen molar-refractivity contribution in [1.82, 2.24) is 5.32 Å². The van der Waals surface area contributed by atoms with E-state index in [4.69, 9.17) is 23.8 Å². The van der Waals surface area contributed by atoms with Gasteiger partial charge in [-0.25, -0.2) is 4.39 Å². The molecule has 0 spiro atoms. The Morgan fingerprint density at radius 2 is 1.96 bits per heavy atom. The molecule has 2 nitrogen and oxygen atoms in total. The van der Waals surface area contributed by atoms with Crippen molar-refractivity contribution < 1.29 is 4.39 Å². The van der Waals surface area contributed by atoms with Crippen LogP contribution < -0.4 is 10.6 Å². The van der Waals surface area contributed by atoms with Crippen LogP contribution in [0.5, 0.6) is 0 Å². The predicted octanol–water partition coefficient (Wildman–Crippen LogP) is 5.03. The third-order valence-electron chi connectivity index (χ3n) is 3.67. The number of benzene rings is 2. The first-order chi connectivity index (χ1) is 11.1. The number of nitrogens with one attached hydrogen (secondary N) is 2. The highest BCUT2D eigenvalue weighted by molar-refractivity contribution is 7.80. The van der Waals surface area contributed by atoms with Crippen LogP contribution in [0.15, 0.2) is 48.5 Å². The molecule has 0 saturated heterocycles. The lowest BCUT2D eigenvalue weighted by molar-refractivity contribution is 0.498. The van der Waals surface area contributed by atoms with Gasteiger partial charge in [-0.3, -0.25) is 0 Å². The van der Waals surface area contributed by atoms with Gasteiger partial charge in [0.1, 0.15) is 5.82 Å². The Kier molecular flexibility index (Phi) is 6.81. The number of rotatable bonds is 6. The maximum atomic E-state index is 13.1. The molecule has 5 heteroatoms. The molecule has 1 atom stereocenters. The van der Waals surface area contributed by atoms with Crippen molar-refractivity contribution in [2.24, 2.45) is 5.92 Å². The van der Waals surface area contributed by atoms with Crippen LogP contribution in [-0.2, 0) is 6.42 Å². The fourth-order valence-electron chi connectivity index (χ4n) is 2.29. The van der Waals surface area contributed by atoms with E-state index in [1.807, 2.05) is 6.07 Å². The highest BCUT2D eigenvalue weighted by Crippen LogP contribution is 2.19. The Balaban J connectivity index is 1.83. The molecule has 0 aliphatic carbocycles. The fourth-order valence-corrected chi connectivity index (χ4v) is 2.68. The van der Waals surface area contributed by atoms with E-state index in [1.54, 1.807) is 6.07 Å². The molecule has 0 amide bonds. The fraction of sp³-hybridized carbons (Fsp3) is 0.278. The maximum Gasteiger partial charge on any atom is 0.170 e. The van der Waals surface area contributed by atoms with Crippen molar-refractivity contribution in [3.63, 3.8) is 0 Å². The largest absolute Gasteiger partial charge is 0.362 e. The molecule has 2 rings (SSSR count). The molecular weight excluding hydrogens is 331 g/mol. The van der Waals surface area contributed by atoms with Crippen LogP contribution in [0.2, 0.25) is 5.02 Å². The van der Waals surface area contributed by atoms with E-state index in [0.717, 1.165) is 19.4 Å². The van der Waals surface area contributed by atoms with Gasteiger partial charge in [-0.15, -0.1) is 0 Å². The van der Waals surface area contributed by atoms with Crippen LogP contribution in [0.25, 0.3) is 0 Å². The number of thiocarbonyl (C=S) groups is 1. The Morgan fingerprint density at radius 1 is 1.22 bits per heavy atom. The highest BCUT2D eigenvalue weighted by atomic mass is 35.5. The lowest BCUT2D eigenvalue weighted by Crippen LogP contribution is -2.33. The van der Waals surface area contributed by atoms with E-state index < -0.39 is 5.82 Å². The van der Waals surface area contributed by atoms with Gasteiger partial charge in [0.15, 0.2) is 5.11 Å². The average Bonchev–Trinajstić information content (AvgIpc) is 2.56. The summed E-state index contributed by atoms with van der Waals surface area (Å²) >= 11 is 11.0. The quantitative estimate of drug-likeness (QED) is 0.714. The summed E-state index contributed by atoms with van der Waals surface area (Å²) in [5.41, 5.74) is 2.00. The topological polar surface area (TPSA) is 24.1 Å². The van der Waals surface area contributed by atoms with Crippen molar-refractivity contribution >= 4 is 34.6 Å². The Morgan fingerprint density at radius 3 is 2.61 bits per heavy atom. The minimum atomic E-state index is -0.440. The van der Waals surface area contributed by atoms with Crippen molar-refractivity contribution in [2.45, 2.75) is 19.8 Å². The summed E-state index contributed by atoms with van der Waals surface area (Å²) < 4.78 is 13.1. The summed E-state index contributed by atoms with van der Waals surface area (Å²) in [6, 6.07) is 14.9. The minimum Gasteiger partial charge on any atom is -0.362 e. The molecule has 0 heterocycles. The molecule has 2 aromatic carbocycles. The normalized spacial score (nSPS) is 11.8. The second-order valence-corrected chi connectivity index (χ2v) is 6.24. The second-order valence-electron chi connectivity index (χ2n) is 5.43. The van der Waals surface area contributed by atoms with Gasteiger partial charge < -0.3 is 10.6 Å². The Labute approximate surface area is 147 Å². The first-order valence-electron chi connectivity index (χ1n) is 7.62. The lowest BCUT2D eigenvalue weighted by Gasteiger charge is -2.18. The van der Waals surface area contributed by atoms with Gasteiger partial charge in [-0.05, 0) is 48.3 Å². The summed E-state index contributed by atoms with van der Waals surface area (Å²) in [4.78, 5) is 0. The molecule has 122 valence electrons. The zero-order valence-corrected chi connectivity index (χ0v) is 14.6. The molecule has 0 radical (unpaired) electrons. The first kappa shape index (κ1) is 17.7. The zero-order chi connectivity index (χ0) is 16.7. The van der Waals surface area contributed by atoms with Crippen LogP contribution in [0.1, 0.15) is 18.9 Å². The van der Waals surface area contributed by atoms with Gasteiger partial charge in [0.05, 0.1) is 5.02 Å². The van der Waals surface area contributed by atoms with Crippen molar-refractivity contribution in [3.8, 4) is 0 Å². The first-order valence-corrected chi connectivity index (χ1v) is 8.41. The maximum absolute atomic E-state index is 13.1. The summed E-state index contributed by atoms with van der Waals surface area (Å²) in [5, 5.41) is 6.83. The monoisotopic (exact) mass is 350 g/mol. The number of hydrogen-bond donors (Lipinski definition) is 2. The number of anilines is 1. The third kappa shape index (κ3) is 5.81. The molecule has 0 bridgehead atoms. The Bertz CT molecular complexity index is 649. The van der Waals surface area contributed by atoms with Crippen molar-refractivity contribution in [2.75, 3.05) is 11.9 Å². The van der Waals surface area contributed by atoms with Gasteiger partial charge in [-0.2, -0.15) is 0 Å². The zero-order valence-electron chi connectivity index (χ0n) is 13.0. The average molecular weight is 351 g/mol. The van der Waals surface area contributed by atoms with Gasteiger partial charge >= 0.3 is 0 Å². The summed E-state index contributed by atoms with van der Waals surface area (Å²) in [6.45, 7) is 2.96. The minimum absolute atomic E-state index is 0.0771. The van der Waals surface area contributed by atoms with E-state index in [1.165, 1.54) is 17.7 Å². The predicted molar refractivity (Wildman–Crippen MR) is 99.6 cm³/mol. The van der Waals surface area contributed by atoms with Crippen LogP contribution in [0, 0.1) is 11.7 Å². The van der Waals surface area contributed by atoms with E-state index in [2.05, 4.69) is 41.8 Å². The van der Waals surface area contributed by atoms with E-state index in [-0.39, 0.29) is 5.02 Å². The van der Waals surface area contributed by atoms with Gasteiger partial charge in [-0.1, -0.05) is 55.3 Å². The molecule has 0 saturated carbocycles. The molecule has 2 N–H and O–H groups in total. The summed E-state index contributed by atoms with van der Waals surface area (Å²) in [6.07, 6.45) is 2.07. The molecule has 0 aliphatic rings. The van der Waals surface area contributed by atoms with E-state index in [0.29, 0.717) is 16.7 Å². The van der Waals surface area contributed by atoms with Crippen molar-refractivity contribution in [1.29, 1.82) is 0 Å². The molecule has 0 aromatic heterocycles. The van der Waals surface area contributed by atoms with Crippen LogP contribution in [0.3, 0.4) is 0 Å². The van der Waals surface area contributed by atoms with Crippen LogP contribution >= 0.6 is 23.8 Å². The molecule has 23 heavy (non-hydrogen) atoms. The molecule has 0 fully saturated rings. The Hall–Kier alpha value is -1.65. The third-order valence-corrected chi connectivity index (χ3v) is 4.21. The number of hydrogen-bond acceptors (Lipinski definition) is 1. The molecule has 0 unspecified atom stereocenters. The molecular formula is C18H20ClFN2S. The van der Waals surface area contributed by atoms with Gasteiger partial charge in [0.2, 0.25) is 0 Å². The standard InChI is InChI=1S/C18H20ClFN2S/c1-2-13(10-14-6-4-3-5-7-14)12-21-18(23)22-15-8-9-17(20)16(19)11-15/h3-9,11,13H,2,10,12H2,1H3,(H2,21,22,23)/t13-/m1/s1. The van der Waals surface area contributed by atoms with Crippen molar-refractivity contribution in [3.05, 3.63) is 64.9 Å². The second kappa shape index (κ2) is 8.85. The summed E-state index contributed by atoms with van der Waals surface area (Å²) in [7, 11) is 0. The SMILES string of the molecule is CC[C@@H](CNC(=S)Nc1ccc(F)c(Cl)c1)Cc1ccccc1. The molecule has 0 aliphatic heterocycles. The van der Waals surface area contributed by atoms with Crippen LogP contribution in [0.4, 0.5) is 10.1 Å². The van der Waals surface area contributed by atoms with Gasteiger partial charge in [0, 0.05) is 12.2 Å². The number of halogens is 2.